The Bertz CT molecular complexity index is 429. The van der Waals surface area contributed by atoms with E-state index in [1.54, 1.807) is 18.6 Å². The molecule has 0 aliphatic heterocycles. The van der Waals surface area contributed by atoms with Crippen LogP contribution < -0.4 is 0 Å². The minimum absolute atomic E-state index is 0.0659. The molecule has 0 aliphatic rings. The van der Waals surface area contributed by atoms with Crippen LogP contribution in [0, 0.1) is 0 Å². The average Bonchev–Trinajstić information content (AvgIpc) is 2.31. The molecule has 0 saturated heterocycles. The summed E-state index contributed by atoms with van der Waals surface area (Å²) in [6.45, 7) is 0.0659. The summed E-state index contributed by atoms with van der Waals surface area (Å²) in [5.74, 6) is 0. The summed E-state index contributed by atoms with van der Waals surface area (Å²) in [7, 11) is 0. The van der Waals surface area contributed by atoms with Gasteiger partial charge in [-0.25, -0.2) is 0 Å². The molecule has 0 aliphatic carbocycles. The lowest BCUT2D eigenvalue weighted by molar-refractivity contribution is 0.281. The van der Waals surface area contributed by atoms with Crippen molar-refractivity contribution >= 4 is 0 Å². The molecule has 0 amide bonds. The molecule has 1 heterocycles. The zero-order valence-electron chi connectivity index (χ0n) is 8.30. The van der Waals surface area contributed by atoms with Crippen LogP contribution in [0.3, 0.4) is 0 Å². The molecule has 76 valence electrons. The first-order valence-electron chi connectivity index (χ1n) is 4.82. The molecule has 15 heavy (non-hydrogen) atoms. The van der Waals surface area contributed by atoms with E-state index in [0.29, 0.717) is 6.42 Å². The van der Waals surface area contributed by atoms with E-state index in [1.165, 1.54) is 0 Å². The molecule has 1 aromatic heterocycles. The molecule has 0 fully saturated rings. The summed E-state index contributed by atoms with van der Waals surface area (Å²) < 4.78 is 0. The van der Waals surface area contributed by atoms with Crippen LogP contribution in [0.4, 0.5) is 0 Å². The van der Waals surface area contributed by atoms with Crippen LogP contribution in [0.2, 0.25) is 0 Å². The van der Waals surface area contributed by atoms with Crippen molar-refractivity contribution in [2.24, 2.45) is 0 Å². The van der Waals surface area contributed by atoms with Gasteiger partial charge in [0.2, 0.25) is 0 Å². The maximum Gasteiger partial charge on any atom is 0.0684 e. The van der Waals surface area contributed by atoms with Gasteiger partial charge in [-0.3, -0.25) is 9.97 Å². The van der Waals surface area contributed by atoms with Crippen molar-refractivity contribution in [2.45, 2.75) is 13.0 Å². The highest BCUT2D eigenvalue weighted by Gasteiger charge is 2.02. The smallest absolute Gasteiger partial charge is 0.0684 e. The SMILES string of the molecule is OCc1ccccc1Cc1cnccn1. The Hall–Kier alpha value is -1.74. The largest absolute Gasteiger partial charge is 0.392 e. The van der Waals surface area contributed by atoms with E-state index in [0.717, 1.165) is 16.8 Å². The fourth-order valence-electron chi connectivity index (χ4n) is 1.50. The van der Waals surface area contributed by atoms with E-state index < -0.39 is 0 Å². The fourth-order valence-corrected chi connectivity index (χ4v) is 1.50. The third-order valence-electron chi connectivity index (χ3n) is 2.28. The number of nitrogens with zero attached hydrogens (tertiary/aromatic N) is 2. The highest BCUT2D eigenvalue weighted by Crippen LogP contribution is 2.12. The Morgan fingerprint density at radius 2 is 1.87 bits per heavy atom. The molecule has 3 nitrogen and oxygen atoms in total. The number of aliphatic hydroxyl groups excluding tert-OH is 1. The lowest BCUT2D eigenvalue weighted by Gasteiger charge is -2.05. The number of aromatic nitrogens is 2. The molecule has 1 aromatic carbocycles. The van der Waals surface area contributed by atoms with Crippen LogP contribution in [0.25, 0.3) is 0 Å². The van der Waals surface area contributed by atoms with Crippen LogP contribution >= 0.6 is 0 Å². The molecule has 0 spiro atoms. The van der Waals surface area contributed by atoms with Crippen LogP contribution in [-0.2, 0) is 13.0 Å². The maximum atomic E-state index is 9.16. The number of rotatable bonds is 3. The molecule has 0 saturated carbocycles. The highest BCUT2D eigenvalue weighted by atomic mass is 16.3. The van der Waals surface area contributed by atoms with E-state index >= 15 is 0 Å². The number of hydrogen-bond donors (Lipinski definition) is 1. The molecule has 1 N–H and O–H groups in total. The molecule has 0 unspecified atom stereocenters. The van der Waals surface area contributed by atoms with E-state index in [9.17, 15) is 0 Å². The second-order valence-electron chi connectivity index (χ2n) is 3.30. The molecule has 2 aromatic rings. The van der Waals surface area contributed by atoms with Crippen LogP contribution in [0.5, 0.6) is 0 Å². The summed E-state index contributed by atoms with van der Waals surface area (Å²) in [6.07, 6.45) is 5.79. The first-order valence-corrected chi connectivity index (χ1v) is 4.82. The predicted molar refractivity (Wildman–Crippen MR) is 57.2 cm³/mol. The topological polar surface area (TPSA) is 46.0 Å². The Morgan fingerprint density at radius 1 is 1.07 bits per heavy atom. The zero-order valence-corrected chi connectivity index (χ0v) is 8.30. The van der Waals surface area contributed by atoms with Gasteiger partial charge in [-0.05, 0) is 11.1 Å². The van der Waals surface area contributed by atoms with Gasteiger partial charge in [0, 0.05) is 25.0 Å². The Kier molecular flexibility index (Phi) is 3.05. The lowest BCUT2D eigenvalue weighted by atomic mass is 10.0. The van der Waals surface area contributed by atoms with E-state index in [1.807, 2.05) is 24.3 Å². The van der Waals surface area contributed by atoms with Gasteiger partial charge < -0.3 is 5.11 Å². The maximum absolute atomic E-state index is 9.16. The second kappa shape index (κ2) is 4.66. The van der Waals surface area contributed by atoms with Crippen LogP contribution in [0.1, 0.15) is 16.8 Å². The summed E-state index contributed by atoms with van der Waals surface area (Å²) in [5, 5.41) is 9.16. The van der Waals surface area contributed by atoms with Crippen molar-refractivity contribution in [2.75, 3.05) is 0 Å². The van der Waals surface area contributed by atoms with Gasteiger partial charge >= 0.3 is 0 Å². The van der Waals surface area contributed by atoms with Gasteiger partial charge in [0.05, 0.1) is 12.3 Å². The summed E-state index contributed by atoms with van der Waals surface area (Å²) in [4.78, 5) is 8.22. The van der Waals surface area contributed by atoms with Gasteiger partial charge in [0.1, 0.15) is 0 Å². The molecular weight excluding hydrogens is 188 g/mol. The van der Waals surface area contributed by atoms with Gasteiger partial charge in [-0.1, -0.05) is 24.3 Å². The zero-order chi connectivity index (χ0) is 10.5. The third-order valence-corrected chi connectivity index (χ3v) is 2.28. The quantitative estimate of drug-likeness (QED) is 0.817. The Labute approximate surface area is 88.5 Å². The fraction of sp³-hybridized carbons (Fsp3) is 0.167. The van der Waals surface area contributed by atoms with Crippen LogP contribution in [0.15, 0.2) is 42.9 Å². The molecule has 3 heteroatoms. The Morgan fingerprint density at radius 3 is 2.53 bits per heavy atom. The molecule has 0 bridgehead atoms. The third kappa shape index (κ3) is 2.39. The van der Waals surface area contributed by atoms with Crippen LogP contribution in [-0.4, -0.2) is 15.1 Å². The Balaban J connectivity index is 2.24. The lowest BCUT2D eigenvalue weighted by Crippen LogP contribution is -1.97. The molecule has 0 radical (unpaired) electrons. The van der Waals surface area contributed by atoms with Gasteiger partial charge in [0.15, 0.2) is 0 Å². The minimum atomic E-state index is 0.0659. The summed E-state index contributed by atoms with van der Waals surface area (Å²) >= 11 is 0. The summed E-state index contributed by atoms with van der Waals surface area (Å²) in [5.41, 5.74) is 2.96. The van der Waals surface area contributed by atoms with Crippen molar-refractivity contribution in [1.29, 1.82) is 0 Å². The van der Waals surface area contributed by atoms with Crippen molar-refractivity contribution in [3.05, 3.63) is 59.7 Å². The van der Waals surface area contributed by atoms with Gasteiger partial charge in [0.25, 0.3) is 0 Å². The first-order chi connectivity index (χ1) is 7.40. The minimum Gasteiger partial charge on any atom is -0.392 e. The molecule has 2 rings (SSSR count). The monoisotopic (exact) mass is 200 g/mol. The predicted octanol–water partition coefficient (Wildman–Crippen LogP) is 1.56. The van der Waals surface area contributed by atoms with Crippen molar-refractivity contribution < 1.29 is 5.11 Å². The van der Waals surface area contributed by atoms with Crippen molar-refractivity contribution in [1.82, 2.24) is 9.97 Å². The number of benzene rings is 1. The molecular formula is C12H12N2O. The standard InChI is InChI=1S/C12H12N2O/c15-9-11-4-2-1-3-10(11)7-12-8-13-5-6-14-12/h1-6,8,15H,7,9H2. The number of hydrogen-bond acceptors (Lipinski definition) is 3. The van der Waals surface area contributed by atoms with Crippen molar-refractivity contribution in [3.8, 4) is 0 Å². The second-order valence-corrected chi connectivity index (χ2v) is 3.30. The average molecular weight is 200 g/mol. The van der Waals surface area contributed by atoms with Gasteiger partial charge in [-0.15, -0.1) is 0 Å². The normalized spacial score (nSPS) is 10.2. The van der Waals surface area contributed by atoms with E-state index in [4.69, 9.17) is 5.11 Å². The molecule has 0 atom stereocenters. The first kappa shape index (κ1) is 9.80. The van der Waals surface area contributed by atoms with Gasteiger partial charge in [-0.2, -0.15) is 0 Å². The summed E-state index contributed by atoms with van der Waals surface area (Å²) in [6, 6.07) is 7.81. The number of aliphatic hydroxyl groups is 1. The highest BCUT2D eigenvalue weighted by molar-refractivity contribution is 5.29. The van der Waals surface area contributed by atoms with E-state index in [-0.39, 0.29) is 6.61 Å². The van der Waals surface area contributed by atoms with Crippen molar-refractivity contribution in [3.63, 3.8) is 0 Å². The van der Waals surface area contributed by atoms with E-state index in [2.05, 4.69) is 9.97 Å².